The average molecular weight is 296 g/mol. The first-order valence-corrected chi connectivity index (χ1v) is 8.50. The SMILES string of the molecule is CCCCCCCCOC(OCCC(C)C)c1ccco1. The Labute approximate surface area is 130 Å². The molecule has 122 valence electrons. The Hall–Kier alpha value is -0.800. The summed E-state index contributed by atoms with van der Waals surface area (Å²) in [6.07, 6.45) is 9.95. The van der Waals surface area contributed by atoms with E-state index in [0.29, 0.717) is 12.5 Å². The number of hydrogen-bond acceptors (Lipinski definition) is 3. The van der Waals surface area contributed by atoms with Crippen LogP contribution < -0.4 is 0 Å². The third-order valence-corrected chi connectivity index (χ3v) is 3.51. The maximum atomic E-state index is 5.86. The molecule has 0 amide bonds. The molecule has 1 unspecified atom stereocenters. The zero-order valence-corrected chi connectivity index (χ0v) is 14.0. The molecular formula is C18H32O3. The fraction of sp³-hybridized carbons (Fsp3) is 0.778. The highest BCUT2D eigenvalue weighted by Crippen LogP contribution is 2.21. The minimum Gasteiger partial charge on any atom is -0.464 e. The van der Waals surface area contributed by atoms with Gasteiger partial charge >= 0.3 is 0 Å². The Morgan fingerprint density at radius 1 is 1.00 bits per heavy atom. The molecular weight excluding hydrogens is 264 g/mol. The molecule has 0 bridgehead atoms. The normalized spacial score (nSPS) is 13.0. The Morgan fingerprint density at radius 2 is 1.71 bits per heavy atom. The molecule has 0 fully saturated rings. The van der Waals surface area contributed by atoms with Crippen LogP contribution in [-0.4, -0.2) is 13.2 Å². The van der Waals surface area contributed by atoms with Gasteiger partial charge in [-0.15, -0.1) is 0 Å². The Kier molecular flexibility index (Phi) is 10.3. The van der Waals surface area contributed by atoms with Crippen LogP contribution in [0.5, 0.6) is 0 Å². The number of rotatable bonds is 13. The van der Waals surface area contributed by atoms with Crippen molar-refractivity contribution < 1.29 is 13.9 Å². The van der Waals surface area contributed by atoms with Gasteiger partial charge in [-0.25, -0.2) is 0 Å². The second-order valence-electron chi connectivity index (χ2n) is 6.04. The largest absolute Gasteiger partial charge is 0.464 e. The molecule has 0 saturated heterocycles. The zero-order chi connectivity index (χ0) is 15.3. The van der Waals surface area contributed by atoms with E-state index in [2.05, 4.69) is 20.8 Å². The molecule has 1 atom stereocenters. The van der Waals surface area contributed by atoms with Gasteiger partial charge in [-0.3, -0.25) is 0 Å². The molecule has 0 aliphatic carbocycles. The topological polar surface area (TPSA) is 31.6 Å². The quantitative estimate of drug-likeness (QED) is 0.345. The molecule has 3 heteroatoms. The molecule has 0 saturated carbocycles. The molecule has 0 aliphatic rings. The maximum Gasteiger partial charge on any atom is 0.217 e. The van der Waals surface area contributed by atoms with E-state index >= 15 is 0 Å². The van der Waals surface area contributed by atoms with Gasteiger partial charge in [0.2, 0.25) is 6.29 Å². The molecule has 1 aromatic rings. The Bertz CT molecular complexity index is 319. The molecule has 0 N–H and O–H groups in total. The second kappa shape index (κ2) is 11.8. The second-order valence-corrected chi connectivity index (χ2v) is 6.04. The Balaban J connectivity index is 2.20. The standard InChI is InChI=1S/C18H32O3/c1-4-5-6-7-8-9-13-20-18(17-11-10-14-19-17)21-15-12-16(2)3/h10-11,14,16,18H,4-9,12-13,15H2,1-3H3. The van der Waals surface area contributed by atoms with Crippen molar-refractivity contribution in [2.24, 2.45) is 5.92 Å². The van der Waals surface area contributed by atoms with E-state index in [4.69, 9.17) is 13.9 Å². The molecule has 0 spiro atoms. The zero-order valence-electron chi connectivity index (χ0n) is 14.0. The number of furan rings is 1. The average Bonchev–Trinajstić information content (AvgIpc) is 2.98. The number of hydrogen-bond donors (Lipinski definition) is 0. The van der Waals surface area contributed by atoms with Crippen molar-refractivity contribution in [1.82, 2.24) is 0 Å². The van der Waals surface area contributed by atoms with Crippen molar-refractivity contribution in [2.45, 2.75) is 72.0 Å². The minimum atomic E-state index is -0.352. The van der Waals surface area contributed by atoms with Gasteiger partial charge in [-0.2, -0.15) is 0 Å². The maximum absolute atomic E-state index is 5.86. The molecule has 0 aromatic carbocycles. The molecule has 0 aliphatic heterocycles. The van der Waals surface area contributed by atoms with Crippen LogP contribution in [0.3, 0.4) is 0 Å². The molecule has 3 nitrogen and oxygen atoms in total. The highest BCUT2D eigenvalue weighted by molar-refractivity contribution is 4.99. The molecule has 21 heavy (non-hydrogen) atoms. The van der Waals surface area contributed by atoms with Gasteiger partial charge in [0.1, 0.15) is 0 Å². The van der Waals surface area contributed by atoms with Gasteiger partial charge in [0.15, 0.2) is 5.76 Å². The van der Waals surface area contributed by atoms with Crippen LogP contribution >= 0.6 is 0 Å². The summed E-state index contributed by atoms with van der Waals surface area (Å²) in [6.45, 7) is 8.08. The Morgan fingerprint density at radius 3 is 2.38 bits per heavy atom. The molecule has 0 radical (unpaired) electrons. The first-order valence-electron chi connectivity index (χ1n) is 8.50. The van der Waals surface area contributed by atoms with E-state index in [1.54, 1.807) is 6.26 Å². The summed E-state index contributed by atoms with van der Waals surface area (Å²) in [5.74, 6) is 1.41. The van der Waals surface area contributed by atoms with E-state index in [-0.39, 0.29) is 6.29 Å². The van der Waals surface area contributed by atoms with Gasteiger partial charge in [-0.1, -0.05) is 52.9 Å². The number of unbranched alkanes of at least 4 members (excludes halogenated alkanes) is 5. The summed E-state index contributed by atoms with van der Waals surface area (Å²) in [5, 5.41) is 0. The first kappa shape index (κ1) is 18.2. The third kappa shape index (κ3) is 8.94. The lowest BCUT2D eigenvalue weighted by Crippen LogP contribution is -2.11. The fourth-order valence-corrected chi connectivity index (χ4v) is 2.12. The molecule has 1 rings (SSSR count). The summed E-state index contributed by atoms with van der Waals surface area (Å²) >= 11 is 0. The fourth-order valence-electron chi connectivity index (χ4n) is 2.12. The first-order chi connectivity index (χ1) is 10.2. The van der Waals surface area contributed by atoms with Crippen LogP contribution in [-0.2, 0) is 9.47 Å². The van der Waals surface area contributed by atoms with Crippen molar-refractivity contribution >= 4 is 0 Å². The molecule has 1 heterocycles. The predicted molar refractivity (Wildman–Crippen MR) is 86.2 cm³/mol. The van der Waals surface area contributed by atoms with Crippen LogP contribution in [0.2, 0.25) is 0 Å². The summed E-state index contributed by atoms with van der Waals surface area (Å²) < 4.78 is 17.1. The van der Waals surface area contributed by atoms with Gasteiger partial charge in [0.05, 0.1) is 19.5 Å². The third-order valence-electron chi connectivity index (χ3n) is 3.51. The number of ether oxygens (including phenoxy) is 2. The predicted octanol–water partition coefficient (Wildman–Crippen LogP) is 5.72. The van der Waals surface area contributed by atoms with E-state index in [1.807, 2.05) is 12.1 Å². The highest BCUT2D eigenvalue weighted by atomic mass is 16.7. The van der Waals surface area contributed by atoms with Crippen molar-refractivity contribution in [3.63, 3.8) is 0 Å². The van der Waals surface area contributed by atoms with E-state index < -0.39 is 0 Å². The van der Waals surface area contributed by atoms with Crippen LogP contribution in [0.1, 0.15) is 77.8 Å². The van der Waals surface area contributed by atoms with Crippen LogP contribution in [0.25, 0.3) is 0 Å². The smallest absolute Gasteiger partial charge is 0.217 e. The summed E-state index contributed by atoms with van der Waals surface area (Å²) in [6, 6.07) is 3.80. The van der Waals surface area contributed by atoms with Crippen LogP contribution in [0.15, 0.2) is 22.8 Å². The lowest BCUT2D eigenvalue weighted by Gasteiger charge is -2.17. The van der Waals surface area contributed by atoms with E-state index in [9.17, 15) is 0 Å². The summed E-state index contributed by atoms with van der Waals surface area (Å²) in [4.78, 5) is 0. The van der Waals surface area contributed by atoms with Crippen LogP contribution in [0.4, 0.5) is 0 Å². The van der Waals surface area contributed by atoms with Gasteiger partial charge in [-0.05, 0) is 30.9 Å². The van der Waals surface area contributed by atoms with Crippen molar-refractivity contribution in [3.05, 3.63) is 24.2 Å². The van der Waals surface area contributed by atoms with Gasteiger partial charge < -0.3 is 13.9 Å². The summed E-state index contributed by atoms with van der Waals surface area (Å²) in [7, 11) is 0. The van der Waals surface area contributed by atoms with Gasteiger partial charge in [0, 0.05) is 0 Å². The lowest BCUT2D eigenvalue weighted by atomic mass is 10.1. The monoisotopic (exact) mass is 296 g/mol. The van der Waals surface area contributed by atoms with E-state index in [1.165, 1.54) is 32.1 Å². The van der Waals surface area contributed by atoms with Crippen molar-refractivity contribution in [3.8, 4) is 0 Å². The lowest BCUT2D eigenvalue weighted by molar-refractivity contribution is -0.159. The van der Waals surface area contributed by atoms with Gasteiger partial charge in [0.25, 0.3) is 0 Å². The highest BCUT2D eigenvalue weighted by Gasteiger charge is 2.15. The van der Waals surface area contributed by atoms with Crippen LogP contribution in [0, 0.1) is 5.92 Å². The van der Waals surface area contributed by atoms with Crippen molar-refractivity contribution in [1.29, 1.82) is 0 Å². The van der Waals surface area contributed by atoms with Crippen molar-refractivity contribution in [2.75, 3.05) is 13.2 Å². The van der Waals surface area contributed by atoms with E-state index in [0.717, 1.165) is 25.2 Å². The molecule has 1 aromatic heterocycles. The summed E-state index contributed by atoms with van der Waals surface area (Å²) in [5.41, 5.74) is 0. The minimum absolute atomic E-state index is 0.352.